The Bertz CT molecular complexity index is 1030. The molecule has 0 fully saturated rings. The first-order valence-corrected chi connectivity index (χ1v) is 12.5. The molecular weight excluding hydrogens is 396 g/mol. The van der Waals surface area contributed by atoms with Gasteiger partial charge in [-0.15, -0.1) is 0 Å². The quantitative estimate of drug-likeness (QED) is 0.685. The van der Waals surface area contributed by atoms with Crippen molar-refractivity contribution < 1.29 is 13.2 Å². The molecule has 162 valence electrons. The van der Waals surface area contributed by atoms with Gasteiger partial charge in [-0.1, -0.05) is 24.3 Å². The van der Waals surface area contributed by atoms with Crippen molar-refractivity contribution in [2.75, 3.05) is 17.1 Å². The number of amides is 1. The van der Waals surface area contributed by atoms with Gasteiger partial charge in [0.25, 0.3) is 0 Å². The molecule has 0 radical (unpaired) electrons. The fourth-order valence-electron chi connectivity index (χ4n) is 4.01. The maximum atomic E-state index is 12.4. The van der Waals surface area contributed by atoms with Crippen LogP contribution >= 0.6 is 0 Å². The van der Waals surface area contributed by atoms with Gasteiger partial charge < -0.3 is 5.32 Å². The van der Waals surface area contributed by atoms with Gasteiger partial charge >= 0.3 is 0 Å². The summed E-state index contributed by atoms with van der Waals surface area (Å²) in [6.07, 6.45) is 5.42. The highest BCUT2D eigenvalue weighted by molar-refractivity contribution is 7.92. The van der Waals surface area contributed by atoms with Gasteiger partial charge in [0.15, 0.2) is 0 Å². The minimum atomic E-state index is -3.42. The lowest BCUT2D eigenvalue weighted by Crippen LogP contribution is -2.32. The lowest BCUT2D eigenvalue weighted by molar-refractivity contribution is -0.121. The summed E-state index contributed by atoms with van der Waals surface area (Å²) in [5.74, 6) is -0.0588. The van der Waals surface area contributed by atoms with E-state index in [0.29, 0.717) is 12.1 Å². The molecule has 1 amide bonds. The molecule has 0 heterocycles. The highest BCUT2D eigenvalue weighted by Crippen LogP contribution is 2.25. The van der Waals surface area contributed by atoms with Gasteiger partial charge in [-0.3, -0.25) is 9.10 Å². The van der Waals surface area contributed by atoms with E-state index in [1.165, 1.54) is 28.1 Å². The number of sulfonamides is 1. The fraction of sp³-hybridized carbons (Fsp3) is 0.458. The molecule has 1 N–H and O–H groups in total. The van der Waals surface area contributed by atoms with E-state index < -0.39 is 10.0 Å². The lowest BCUT2D eigenvalue weighted by atomic mass is 10.0. The second-order valence-electron chi connectivity index (χ2n) is 8.38. The first-order chi connectivity index (χ1) is 14.1. The first kappa shape index (κ1) is 22.3. The van der Waals surface area contributed by atoms with Crippen LogP contribution in [0.3, 0.4) is 0 Å². The van der Waals surface area contributed by atoms with Crippen LogP contribution in [0.2, 0.25) is 0 Å². The molecule has 0 aromatic heterocycles. The third-order valence-electron chi connectivity index (χ3n) is 5.94. The van der Waals surface area contributed by atoms with Crippen LogP contribution in [-0.2, 0) is 27.7 Å². The summed E-state index contributed by atoms with van der Waals surface area (Å²) in [7, 11) is -3.42. The zero-order valence-electron chi connectivity index (χ0n) is 18.4. The second-order valence-corrected chi connectivity index (χ2v) is 10.3. The average molecular weight is 429 g/mol. The van der Waals surface area contributed by atoms with Gasteiger partial charge in [0, 0.05) is 13.0 Å². The fourth-order valence-corrected chi connectivity index (χ4v) is 4.97. The molecule has 0 saturated heterocycles. The Morgan fingerprint density at radius 3 is 2.50 bits per heavy atom. The third-order valence-corrected chi connectivity index (χ3v) is 7.14. The molecule has 1 aliphatic carbocycles. The highest BCUT2D eigenvalue weighted by atomic mass is 32.2. The molecule has 2 aromatic rings. The van der Waals surface area contributed by atoms with Crippen molar-refractivity contribution in [3.05, 3.63) is 64.2 Å². The Labute approximate surface area is 180 Å². The van der Waals surface area contributed by atoms with Gasteiger partial charge in [-0.05, 0) is 86.4 Å². The van der Waals surface area contributed by atoms with E-state index in [-0.39, 0.29) is 24.9 Å². The van der Waals surface area contributed by atoms with Crippen molar-refractivity contribution >= 4 is 21.6 Å². The lowest BCUT2D eigenvalue weighted by Gasteiger charge is -2.23. The van der Waals surface area contributed by atoms with Gasteiger partial charge in [-0.2, -0.15) is 0 Å². The predicted octanol–water partition coefficient (Wildman–Crippen LogP) is 4.22. The average Bonchev–Trinajstić information content (AvgIpc) is 3.14. The summed E-state index contributed by atoms with van der Waals surface area (Å²) in [4.78, 5) is 12.4. The number of nitrogens with one attached hydrogen (secondary N) is 1. The van der Waals surface area contributed by atoms with Crippen LogP contribution in [0.25, 0.3) is 0 Å². The summed E-state index contributed by atoms with van der Waals surface area (Å²) in [5, 5.41) is 3.05. The van der Waals surface area contributed by atoms with E-state index in [4.69, 9.17) is 0 Å². The molecule has 0 bridgehead atoms. The first-order valence-electron chi connectivity index (χ1n) is 10.6. The SMILES string of the molecule is Cc1ccc(N(CCCC(=O)N[C@@H](C)c2ccc3c(c2)CCC3)S(C)(=O)=O)cc1C. The highest BCUT2D eigenvalue weighted by Gasteiger charge is 2.19. The van der Waals surface area contributed by atoms with Gasteiger partial charge in [-0.25, -0.2) is 8.42 Å². The van der Waals surface area contributed by atoms with Crippen molar-refractivity contribution in [2.24, 2.45) is 0 Å². The minimum absolute atomic E-state index is 0.0588. The Morgan fingerprint density at radius 1 is 1.07 bits per heavy atom. The Balaban J connectivity index is 1.57. The van der Waals surface area contributed by atoms with E-state index in [1.807, 2.05) is 39.0 Å². The van der Waals surface area contributed by atoms with Crippen molar-refractivity contribution in [2.45, 2.75) is 58.9 Å². The Morgan fingerprint density at radius 2 is 1.80 bits per heavy atom. The molecular formula is C24H32N2O3S. The van der Waals surface area contributed by atoms with Crippen molar-refractivity contribution in [1.29, 1.82) is 0 Å². The van der Waals surface area contributed by atoms with Crippen LogP contribution in [0, 0.1) is 13.8 Å². The zero-order chi connectivity index (χ0) is 21.9. The number of hydrogen-bond acceptors (Lipinski definition) is 3. The monoisotopic (exact) mass is 428 g/mol. The molecule has 6 heteroatoms. The third kappa shape index (κ3) is 5.42. The number of aryl methyl sites for hydroxylation is 4. The maximum Gasteiger partial charge on any atom is 0.232 e. The van der Waals surface area contributed by atoms with Crippen LogP contribution in [0.5, 0.6) is 0 Å². The van der Waals surface area contributed by atoms with E-state index in [2.05, 4.69) is 23.5 Å². The molecule has 1 atom stereocenters. The van der Waals surface area contributed by atoms with Gasteiger partial charge in [0.1, 0.15) is 0 Å². The molecule has 0 saturated carbocycles. The van der Waals surface area contributed by atoms with Crippen molar-refractivity contribution in [1.82, 2.24) is 5.32 Å². The largest absolute Gasteiger partial charge is 0.350 e. The summed E-state index contributed by atoms with van der Waals surface area (Å²) in [6.45, 7) is 6.23. The molecule has 0 unspecified atom stereocenters. The molecule has 3 rings (SSSR count). The molecule has 0 spiro atoms. The smallest absolute Gasteiger partial charge is 0.232 e. The van der Waals surface area contributed by atoms with Crippen LogP contribution < -0.4 is 9.62 Å². The Kier molecular flexibility index (Phi) is 6.86. The second kappa shape index (κ2) is 9.21. The summed E-state index contributed by atoms with van der Waals surface area (Å²) < 4.78 is 26.0. The molecule has 0 aliphatic heterocycles. The summed E-state index contributed by atoms with van der Waals surface area (Å²) in [5.41, 5.74) is 6.74. The van der Waals surface area contributed by atoms with Crippen LogP contribution in [0.1, 0.15) is 60.0 Å². The van der Waals surface area contributed by atoms with E-state index in [1.54, 1.807) is 0 Å². The summed E-state index contributed by atoms with van der Waals surface area (Å²) in [6, 6.07) is 12.0. The molecule has 2 aromatic carbocycles. The van der Waals surface area contributed by atoms with E-state index in [9.17, 15) is 13.2 Å². The summed E-state index contributed by atoms with van der Waals surface area (Å²) >= 11 is 0. The van der Waals surface area contributed by atoms with E-state index >= 15 is 0 Å². The van der Waals surface area contributed by atoms with Crippen LogP contribution in [0.4, 0.5) is 5.69 Å². The standard InChI is InChI=1S/C24H32N2O3S/c1-17-10-13-23(15-18(17)2)26(30(4,28)29)14-6-9-24(27)25-19(3)21-12-11-20-7-5-8-22(20)16-21/h10-13,15-16,19H,5-9,14H2,1-4H3,(H,25,27)/t19-/m0/s1. The van der Waals surface area contributed by atoms with Crippen molar-refractivity contribution in [3.63, 3.8) is 0 Å². The predicted molar refractivity (Wildman–Crippen MR) is 122 cm³/mol. The van der Waals surface area contributed by atoms with Gasteiger partial charge in [0.2, 0.25) is 15.9 Å². The number of fused-ring (bicyclic) bond motifs is 1. The molecule has 1 aliphatic rings. The number of hydrogen-bond donors (Lipinski definition) is 1. The minimum Gasteiger partial charge on any atom is -0.350 e. The topological polar surface area (TPSA) is 66.5 Å². The van der Waals surface area contributed by atoms with Crippen molar-refractivity contribution in [3.8, 4) is 0 Å². The molecule has 30 heavy (non-hydrogen) atoms. The number of anilines is 1. The molecule has 5 nitrogen and oxygen atoms in total. The number of carbonyl (C=O) groups excluding carboxylic acids is 1. The number of nitrogens with zero attached hydrogens (tertiary/aromatic N) is 1. The Hall–Kier alpha value is -2.34. The van der Waals surface area contributed by atoms with E-state index in [0.717, 1.165) is 29.5 Å². The number of benzene rings is 2. The van der Waals surface area contributed by atoms with Crippen LogP contribution in [-0.4, -0.2) is 27.1 Å². The zero-order valence-corrected chi connectivity index (χ0v) is 19.2. The maximum absolute atomic E-state index is 12.4. The van der Waals surface area contributed by atoms with Gasteiger partial charge in [0.05, 0.1) is 18.0 Å². The van der Waals surface area contributed by atoms with Crippen LogP contribution in [0.15, 0.2) is 36.4 Å². The number of carbonyl (C=O) groups is 1. The normalized spacial score (nSPS) is 14.3. The number of rotatable bonds is 8.